The van der Waals surface area contributed by atoms with Crippen molar-refractivity contribution in [2.45, 2.75) is 20.1 Å². The van der Waals surface area contributed by atoms with E-state index in [9.17, 15) is 4.79 Å². The first-order valence-electron chi connectivity index (χ1n) is 10.2. The lowest BCUT2D eigenvalue weighted by molar-refractivity contribution is 0.0950. The fourth-order valence-corrected chi connectivity index (χ4v) is 3.16. The number of ether oxygens (including phenoxy) is 4. The zero-order valence-corrected chi connectivity index (χ0v) is 17.3. The molecule has 160 valence electrons. The number of hydrogen-bond acceptors (Lipinski definition) is 6. The Morgan fingerprint density at radius 1 is 0.935 bits per heavy atom. The van der Waals surface area contributed by atoms with E-state index in [0.29, 0.717) is 55.8 Å². The average molecular weight is 420 g/mol. The molecule has 2 aromatic carbocycles. The summed E-state index contributed by atoms with van der Waals surface area (Å²) >= 11 is 0. The van der Waals surface area contributed by atoms with Gasteiger partial charge in [0.15, 0.2) is 23.0 Å². The fraction of sp³-hybridized carbons (Fsp3) is 0.250. The fourth-order valence-electron chi connectivity index (χ4n) is 3.16. The van der Waals surface area contributed by atoms with E-state index in [0.717, 1.165) is 16.9 Å². The topological polar surface area (TPSA) is 78.9 Å². The predicted molar refractivity (Wildman–Crippen MR) is 115 cm³/mol. The van der Waals surface area contributed by atoms with Crippen LogP contribution in [-0.2, 0) is 13.2 Å². The molecule has 0 saturated heterocycles. The van der Waals surface area contributed by atoms with Crippen LogP contribution >= 0.6 is 0 Å². The highest BCUT2D eigenvalue weighted by Gasteiger charge is 2.14. The molecule has 0 atom stereocenters. The van der Waals surface area contributed by atoms with Gasteiger partial charge in [0.1, 0.15) is 19.8 Å². The molecule has 1 aliphatic rings. The summed E-state index contributed by atoms with van der Waals surface area (Å²) in [7, 11) is 0. The van der Waals surface area contributed by atoms with Crippen molar-refractivity contribution in [3.63, 3.8) is 0 Å². The molecule has 0 aliphatic carbocycles. The van der Waals surface area contributed by atoms with Crippen LogP contribution in [0.25, 0.3) is 0 Å². The lowest BCUT2D eigenvalue weighted by Crippen LogP contribution is -2.23. The zero-order chi connectivity index (χ0) is 21.5. The number of fused-ring (bicyclic) bond motifs is 1. The molecule has 7 nitrogen and oxygen atoms in total. The van der Waals surface area contributed by atoms with Gasteiger partial charge < -0.3 is 24.3 Å². The molecule has 3 aromatic rings. The molecule has 1 N–H and O–H groups in total. The molecule has 1 amide bonds. The molecule has 7 heteroatoms. The minimum atomic E-state index is -0.198. The molecule has 31 heavy (non-hydrogen) atoms. The third kappa shape index (κ3) is 5.25. The van der Waals surface area contributed by atoms with Crippen molar-refractivity contribution in [2.75, 3.05) is 19.8 Å². The van der Waals surface area contributed by atoms with Gasteiger partial charge in [0.2, 0.25) is 0 Å². The maximum Gasteiger partial charge on any atom is 0.251 e. The molecule has 0 unspecified atom stereocenters. The number of carbonyl (C=O) groups is 1. The van der Waals surface area contributed by atoms with Crippen molar-refractivity contribution in [3.05, 3.63) is 77.6 Å². The van der Waals surface area contributed by atoms with E-state index in [1.54, 1.807) is 30.6 Å². The molecule has 0 saturated carbocycles. The van der Waals surface area contributed by atoms with Gasteiger partial charge in [-0.15, -0.1) is 0 Å². The Hall–Kier alpha value is -3.74. The van der Waals surface area contributed by atoms with Crippen LogP contribution in [0, 0.1) is 0 Å². The Morgan fingerprint density at radius 2 is 1.74 bits per heavy atom. The van der Waals surface area contributed by atoms with Crippen LogP contribution in [0.4, 0.5) is 0 Å². The third-order valence-corrected chi connectivity index (χ3v) is 4.71. The number of nitrogens with zero attached hydrogens (tertiary/aromatic N) is 1. The molecule has 0 fully saturated rings. The number of pyridine rings is 1. The second-order valence-electron chi connectivity index (χ2n) is 6.90. The number of benzene rings is 2. The van der Waals surface area contributed by atoms with Crippen molar-refractivity contribution >= 4 is 5.91 Å². The van der Waals surface area contributed by atoms with Crippen LogP contribution in [0.3, 0.4) is 0 Å². The second-order valence-corrected chi connectivity index (χ2v) is 6.90. The number of carbonyl (C=O) groups excluding carboxylic acids is 1. The summed E-state index contributed by atoms with van der Waals surface area (Å²) in [5, 5.41) is 2.93. The van der Waals surface area contributed by atoms with Gasteiger partial charge in [-0.1, -0.05) is 6.07 Å². The van der Waals surface area contributed by atoms with Gasteiger partial charge in [0.05, 0.1) is 6.61 Å². The van der Waals surface area contributed by atoms with Crippen molar-refractivity contribution in [3.8, 4) is 23.0 Å². The largest absolute Gasteiger partial charge is 0.490 e. The number of hydrogen-bond donors (Lipinski definition) is 1. The van der Waals surface area contributed by atoms with Crippen LogP contribution in [0.1, 0.15) is 28.4 Å². The Morgan fingerprint density at radius 3 is 2.55 bits per heavy atom. The maximum absolute atomic E-state index is 12.7. The van der Waals surface area contributed by atoms with E-state index in [4.69, 9.17) is 18.9 Å². The molecular weight excluding hydrogens is 396 g/mol. The predicted octanol–water partition coefficient (Wildman–Crippen LogP) is 3.76. The average Bonchev–Trinajstić information content (AvgIpc) is 2.82. The van der Waals surface area contributed by atoms with Crippen LogP contribution in [0.5, 0.6) is 23.0 Å². The number of rotatable bonds is 8. The summed E-state index contributed by atoms with van der Waals surface area (Å²) in [5.41, 5.74) is 2.43. The van der Waals surface area contributed by atoms with Gasteiger partial charge in [0, 0.05) is 24.5 Å². The highest BCUT2D eigenvalue weighted by molar-refractivity contribution is 5.94. The van der Waals surface area contributed by atoms with Crippen molar-refractivity contribution < 1.29 is 23.7 Å². The van der Waals surface area contributed by atoms with Crippen LogP contribution in [0.15, 0.2) is 60.9 Å². The molecule has 2 heterocycles. The Kier molecular flexibility index (Phi) is 6.52. The van der Waals surface area contributed by atoms with Crippen LogP contribution < -0.4 is 24.3 Å². The molecule has 1 aromatic heterocycles. The molecule has 0 bridgehead atoms. The maximum atomic E-state index is 12.7. The number of aromatic nitrogens is 1. The summed E-state index contributed by atoms with van der Waals surface area (Å²) in [5.74, 6) is 2.35. The first-order chi connectivity index (χ1) is 15.2. The molecular formula is C24H24N2O5. The van der Waals surface area contributed by atoms with E-state index in [2.05, 4.69) is 10.3 Å². The summed E-state index contributed by atoms with van der Waals surface area (Å²) in [6, 6.07) is 14.6. The Bertz CT molecular complexity index is 1040. The van der Waals surface area contributed by atoms with Gasteiger partial charge >= 0.3 is 0 Å². The summed E-state index contributed by atoms with van der Waals surface area (Å²) < 4.78 is 22.7. The lowest BCUT2D eigenvalue weighted by atomic mass is 10.1. The molecule has 0 radical (unpaired) electrons. The molecule has 4 rings (SSSR count). The Labute approximate surface area is 180 Å². The minimum Gasteiger partial charge on any atom is -0.490 e. The zero-order valence-electron chi connectivity index (χ0n) is 17.3. The van der Waals surface area contributed by atoms with Crippen molar-refractivity contribution in [1.29, 1.82) is 0 Å². The SMILES string of the molecule is CCOc1cc(C(=O)NCc2ccc3c(c2)OCCO3)ccc1OCc1ccncc1. The highest BCUT2D eigenvalue weighted by atomic mass is 16.6. The molecule has 1 aliphatic heterocycles. The summed E-state index contributed by atoms with van der Waals surface area (Å²) in [6.45, 7) is 4.19. The van der Waals surface area contributed by atoms with Gasteiger partial charge in [-0.05, 0) is 60.5 Å². The quantitative estimate of drug-likeness (QED) is 0.598. The number of amides is 1. The van der Waals surface area contributed by atoms with E-state index >= 15 is 0 Å². The van der Waals surface area contributed by atoms with E-state index < -0.39 is 0 Å². The van der Waals surface area contributed by atoms with Crippen LogP contribution in [0.2, 0.25) is 0 Å². The standard InChI is InChI=1S/C24H24N2O5/c1-2-28-23-14-19(4-6-21(23)31-16-17-7-9-25-10-8-17)24(27)26-15-18-3-5-20-22(13-18)30-12-11-29-20/h3-10,13-14H,2,11-12,15-16H2,1H3,(H,26,27). The Balaban J connectivity index is 1.41. The summed E-state index contributed by atoms with van der Waals surface area (Å²) in [6.07, 6.45) is 3.44. The van der Waals surface area contributed by atoms with Gasteiger partial charge in [-0.3, -0.25) is 9.78 Å². The van der Waals surface area contributed by atoms with E-state index in [1.807, 2.05) is 37.3 Å². The monoisotopic (exact) mass is 420 g/mol. The van der Waals surface area contributed by atoms with Gasteiger partial charge in [-0.25, -0.2) is 0 Å². The van der Waals surface area contributed by atoms with E-state index in [-0.39, 0.29) is 5.91 Å². The minimum absolute atomic E-state index is 0.198. The second kappa shape index (κ2) is 9.84. The lowest BCUT2D eigenvalue weighted by Gasteiger charge is -2.19. The van der Waals surface area contributed by atoms with Crippen molar-refractivity contribution in [2.24, 2.45) is 0 Å². The summed E-state index contributed by atoms with van der Waals surface area (Å²) in [4.78, 5) is 16.7. The number of nitrogens with one attached hydrogen (secondary N) is 1. The van der Waals surface area contributed by atoms with Gasteiger partial charge in [-0.2, -0.15) is 0 Å². The first kappa shape index (κ1) is 20.5. The third-order valence-electron chi connectivity index (χ3n) is 4.71. The normalized spacial score (nSPS) is 12.2. The van der Waals surface area contributed by atoms with Gasteiger partial charge in [0.25, 0.3) is 5.91 Å². The first-order valence-corrected chi connectivity index (χ1v) is 10.2. The molecule has 0 spiro atoms. The van der Waals surface area contributed by atoms with Crippen molar-refractivity contribution in [1.82, 2.24) is 10.3 Å². The smallest absolute Gasteiger partial charge is 0.251 e. The highest BCUT2D eigenvalue weighted by Crippen LogP contribution is 2.31. The van der Waals surface area contributed by atoms with E-state index in [1.165, 1.54) is 0 Å². The van der Waals surface area contributed by atoms with Crippen LogP contribution in [-0.4, -0.2) is 30.7 Å².